The lowest BCUT2D eigenvalue weighted by atomic mass is 10.1. The summed E-state index contributed by atoms with van der Waals surface area (Å²) in [4.78, 5) is 12.1. The minimum absolute atomic E-state index is 0.106. The Morgan fingerprint density at radius 2 is 2.05 bits per heavy atom. The molecule has 5 heteroatoms. The summed E-state index contributed by atoms with van der Waals surface area (Å²) in [6.45, 7) is 3.96. The van der Waals surface area contributed by atoms with Gasteiger partial charge < -0.3 is 4.74 Å². The van der Waals surface area contributed by atoms with Crippen LogP contribution in [0.1, 0.15) is 28.5 Å². The molecule has 2 aromatic rings. The molecule has 0 fully saturated rings. The van der Waals surface area contributed by atoms with Crippen LogP contribution < -0.4 is 0 Å². The molecule has 0 aliphatic carbocycles. The number of nitrogens with zero attached hydrogens (tertiary/aromatic N) is 2. The second kappa shape index (κ2) is 4.98. The smallest absolute Gasteiger partial charge is 0.343 e. The first-order chi connectivity index (χ1) is 9.60. The van der Waals surface area contributed by atoms with E-state index in [0.29, 0.717) is 12.0 Å². The van der Waals surface area contributed by atoms with Crippen LogP contribution in [-0.4, -0.2) is 28.1 Å². The average Bonchev–Trinajstić information content (AvgIpc) is 2.78. The number of esters is 1. The molecule has 0 saturated carbocycles. The number of cyclic esters (lactones) is 1. The molecule has 1 aromatic heterocycles. The number of carbonyl (C=O) groups excluding carboxylic acids is 1. The number of carbonyl (C=O) groups is 1. The van der Waals surface area contributed by atoms with Gasteiger partial charge in [-0.05, 0) is 32.2 Å². The number of hydrogen-bond donors (Lipinski definition) is 0. The maximum atomic E-state index is 12.1. The molecule has 0 saturated heterocycles. The van der Waals surface area contributed by atoms with Crippen molar-refractivity contribution in [2.45, 2.75) is 31.4 Å². The summed E-state index contributed by atoms with van der Waals surface area (Å²) in [5.41, 5.74) is 3.75. The molecule has 3 rings (SSSR count). The summed E-state index contributed by atoms with van der Waals surface area (Å²) >= 11 is 1.47. The number of aromatic nitrogens is 2. The molecule has 0 N–H and O–H groups in total. The molecule has 0 radical (unpaired) electrons. The zero-order chi connectivity index (χ0) is 14.3. The van der Waals surface area contributed by atoms with E-state index >= 15 is 0 Å². The Hall–Kier alpha value is -1.75. The van der Waals surface area contributed by atoms with Crippen molar-refractivity contribution in [3.05, 3.63) is 41.1 Å². The fraction of sp³-hybridized carbons (Fsp3) is 0.333. The molecule has 104 valence electrons. The van der Waals surface area contributed by atoms with Crippen LogP contribution in [0.15, 0.2) is 29.3 Å². The summed E-state index contributed by atoms with van der Waals surface area (Å²) in [6, 6.07) is 8.15. The van der Waals surface area contributed by atoms with Crippen molar-refractivity contribution in [1.82, 2.24) is 9.78 Å². The highest BCUT2D eigenvalue weighted by molar-refractivity contribution is 7.98. The zero-order valence-corrected chi connectivity index (χ0v) is 12.5. The predicted octanol–water partition coefficient (Wildman–Crippen LogP) is 3.00. The number of thioether (sulfide) groups is 1. The maximum Gasteiger partial charge on any atom is 0.343 e. The van der Waals surface area contributed by atoms with Crippen molar-refractivity contribution in [2.24, 2.45) is 0 Å². The lowest BCUT2D eigenvalue weighted by Gasteiger charge is -2.20. The first kappa shape index (κ1) is 13.2. The van der Waals surface area contributed by atoms with Gasteiger partial charge in [-0.25, -0.2) is 9.48 Å². The number of fused-ring (bicyclic) bond motifs is 1. The van der Waals surface area contributed by atoms with Crippen LogP contribution >= 0.6 is 11.8 Å². The predicted molar refractivity (Wildman–Crippen MR) is 78.7 cm³/mol. The number of ether oxygens (including phenoxy) is 1. The fourth-order valence-electron chi connectivity index (χ4n) is 2.42. The molecule has 0 amide bonds. The Morgan fingerprint density at radius 1 is 1.35 bits per heavy atom. The Kier molecular flexibility index (Phi) is 3.30. The van der Waals surface area contributed by atoms with Crippen molar-refractivity contribution in [3.8, 4) is 5.69 Å². The lowest BCUT2D eigenvalue weighted by Crippen LogP contribution is -2.26. The van der Waals surface area contributed by atoms with Gasteiger partial charge in [-0.15, -0.1) is 11.8 Å². The number of rotatable bonds is 2. The molecule has 4 nitrogen and oxygen atoms in total. The van der Waals surface area contributed by atoms with Gasteiger partial charge >= 0.3 is 5.97 Å². The van der Waals surface area contributed by atoms with Crippen LogP contribution in [0.4, 0.5) is 0 Å². The van der Waals surface area contributed by atoms with Gasteiger partial charge in [0.25, 0.3) is 0 Å². The largest absolute Gasteiger partial charge is 0.459 e. The van der Waals surface area contributed by atoms with E-state index < -0.39 is 0 Å². The van der Waals surface area contributed by atoms with E-state index in [1.54, 1.807) is 0 Å². The summed E-state index contributed by atoms with van der Waals surface area (Å²) < 4.78 is 7.19. The van der Waals surface area contributed by atoms with Crippen LogP contribution in [0.2, 0.25) is 0 Å². The van der Waals surface area contributed by atoms with Gasteiger partial charge in [0.15, 0.2) is 0 Å². The third kappa shape index (κ3) is 2.12. The van der Waals surface area contributed by atoms with E-state index in [-0.39, 0.29) is 12.1 Å². The number of benzene rings is 1. The van der Waals surface area contributed by atoms with E-state index in [1.165, 1.54) is 17.3 Å². The van der Waals surface area contributed by atoms with Gasteiger partial charge in [0.2, 0.25) is 0 Å². The molecule has 1 aromatic carbocycles. The summed E-state index contributed by atoms with van der Waals surface area (Å²) in [5, 5.41) is 5.31. The summed E-state index contributed by atoms with van der Waals surface area (Å²) in [6.07, 6.45) is 2.52. The van der Waals surface area contributed by atoms with E-state index in [2.05, 4.69) is 12.0 Å². The van der Waals surface area contributed by atoms with E-state index in [0.717, 1.165) is 16.4 Å². The topological polar surface area (TPSA) is 44.1 Å². The van der Waals surface area contributed by atoms with Crippen LogP contribution in [0.5, 0.6) is 0 Å². The van der Waals surface area contributed by atoms with E-state index in [9.17, 15) is 4.79 Å². The molecular weight excluding hydrogens is 272 g/mol. The molecule has 20 heavy (non-hydrogen) atoms. The Balaban J connectivity index is 2.17. The van der Waals surface area contributed by atoms with Gasteiger partial charge in [0.1, 0.15) is 16.7 Å². The molecule has 1 aliphatic heterocycles. The van der Waals surface area contributed by atoms with Crippen molar-refractivity contribution >= 4 is 17.7 Å². The summed E-state index contributed by atoms with van der Waals surface area (Å²) in [7, 11) is 0. The fourth-order valence-corrected chi connectivity index (χ4v) is 2.99. The quantitative estimate of drug-likeness (QED) is 0.629. The Bertz CT molecular complexity index is 661. The van der Waals surface area contributed by atoms with Crippen LogP contribution in [0, 0.1) is 6.92 Å². The van der Waals surface area contributed by atoms with Gasteiger partial charge in [0, 0.05) is 6.42 Å². The maximum absolute atomic E-state index is 12.1. The highest BCUT2D eigenvalue weighted by atomic mass is 32.2. The van der Waals surface area contributed by atoms with Crippen LogP contribution in [-0.2, 0) is 11.2 Å². The Morgan fingerprint density at radius 3 is 2.70 bits per heavy atom. The highest BCUT2D eigenvalue weighted by Crippen LogP contribution is 2.30. The average molecular weight is 288 g/mol. The molecular formula is C15H16N2O2S. The number of aryl methyl sites for hydroxylation is 1. The Labute approximate surface area is 122 Å². The van der Waals surface area contributed by atoms with Gasteiger partial charge in [-0.3, -0.25) is 0 Å². The van der Waals surface area contributed by atoms with Crippen LogP contribution in [0.25, 0.3) is 5.69 Å². The van der Waals surface area contributed by atoms with Gasteiger partial charge in [-0.1, -0.05) is 17.7 Å². The van der Waals surface area contributed by atoms with E-state index in [1.807, 2.05) is 42.1 Å². The third-order valence-electron chi connectivity index (χ3n) is 3.41. The van der Waals surface area contributed by atoms with Crippen molar-refractivity contribution < 1.29 is 9.53 Å². The molecule has 0 unspecified atom stereocenters. The zero-order valence-electron chi connectivity index (χ0n) is 11.7. The molecule has 0 bridgehead atoms. The second-order valence-electron chi connectivity index (χ2n) is 5.00. The SMILES string of the molecule is CSc1nn(-c2ccc(C)cc2)c2c1C(=O)O[C@@H](C)C2. The number of hydrogen-bond acceptors (Lipinski definition) is 4. The molecule has 1 atom stereocenters. The molecule has 0 spiro atoms. The normalized spacial score (nSPS) is 17.8. The minimum atomic E-state index is -0.263. The summed E-state index contributed by atoms with van der Waals surface area (Å²) in [5.74, 6) is -0.263. The van der Waals surface area contributed by atoms with Crippen molar-refractivity contribution in [2.75, 3.05) is 6.26 Å². The molecule has 1 aliphatic rings. The second-order valence-corrected chi connectivity index (χ2v) is 5.79. The van der Waals surface area contributed by atoms with E-state index in [4.69, 9.17) is 4.74 Å². The standard InChI is InChI=1S/C15H16N2O2S/c1-9-4-6-11(7-5-9)17-12-8-10(2)19-15(18)13(12)14(16-17)20-3/h4-7,10H,8H2,1-3H3/t10-/m0/s1. The minimum Gasteiger partial charge on any atom is -0.459 e. The third-order valence-corrected chi connectivity index (χ3v) is 4.09. The van der Waals surface area contributed by atoms with Crippen LogP contribution in [0.3, 0.4) is 0 Å². The van der Waals surface area contributed by atoms with Crippen molar-refractivity contribution in [3.63, 3.8) is 0 Å². The van der Waals surface area contributed by atoms with Crippen molar-refractivity contribution in [1.29, 1.82) is 0 Å². The monoisotopic (exact) mass is 288 g/mol. The first-order valence-corrected chi connectivity index (χ1v) is 7.76. The first-order valence-electron chi connectivity index (χ1n) is 6.54. The van der Waals surface area contributed by atoms with Gasteiger partial charge in [-0.2, -0.15) is 5.10 Å². The molecule has 2 heterocycles. The lowest BCUT2D eigenvalue weighted by molar-refractivity contribution is 0.0293. The highest BCUT2D eigenvalue weighted by Gasteiger charge is 2.32. The van der Waals surface area contributed by atoms with Gasteiger partial charge in [0.05, 0.1) is 11.4 Å².